The second-order valence-electron chi connectivity index (χ2n) is 4.18. The number of nitrogens with zero attached hydrogens (tertiary/aromatic N) is 2. The standard InChI is InChI=1S/C13H11FN2O4S/c1-15(13-8-3-2-7-12(13)14)21(19,20)11-6-4-5-10(9-11)16(17)18/h2-9H,1H3. The third-order valence-electron chi connectivity index (χ3n) is 2.88. The van der Waals surface area contributed by atoms with Crippen LogP contribution in [0.1, 0.15) is 0 Å². The first-order valence-electron chi connectivity index (χ1n) is 5.82. The highest BCUT2D eigenvalue weighted by Gasteiger charge is 2.24. The maximum atomic E-state index is 13.7. The third kappa shape index (κ3) is 2.84. The minimum absolute atomic E-state index is 0.135. The van der Waals surface area contributed by atoms with Crippen LogP contribution in [0.4, 0.5) is 15.8 Å². The summed E-state index contributed by atoms with van der Waals surface area (Å²) in [5.41, 5.74) is -0.484. The summed E-state index contributed by atoms with van der Waals surface area (Å²) in [5, 5.41) is 10.7. The molecule has 0 saturated carbocycles. The van der Waals surface area contributed by atoms with Crippen LogP contribution in [0.3, 0.4) is 0 Å². The lowest BCUT2D eigenvalue weighted by Crippen LogP contribution is -2.27. The molecule has 0 saturated heterocycles. The van der Waals surface area contributed by atoms with Gasteiger partial charge in [-0.05, 0) is 18.2 Å². The lowest BCUT2D eigenvalue weighted by Gasteiger charge is -2.19. The molecule has 0 bridgehead atoms. The normalized spacial score (nSPS) is 11.1. The maximum absolute atomic E-state index is 13.7. The van der Waals surface area contributed by atoms with E-state index in [0.29, 0.717) is 0 Å². The topological polar surface area (TPSA) is 80.5 Å². The molecular formula is C13H11FN2O4S. The van der Waals surface area contributed by atoms with Gasteiger partial charge in [0.05, 0.1) is 15.5 Å². The predicted molar refractivity (Wildman–Crippen MR) is 75.1 cm³/mol. The molecular weight excluding hydrogens is 299 g/mol. The summed E-state index contributed by atoms with van der Waals surface area (Å²) < 4.78 is 39.2. The first-order chi connectivity index (χ1) is 9.84. The summed E-state index contributed by atoms with van der Waals surface area (Å²) in [7, 11) is -2.89. The molecule has 6 nitrogen and oxygen atoms in total. The fraction of sp³-hybridized carbons (Fsp3) is 0.0769. The third-order valence-corrected chi connectivity index (χ3v) is 4.65. The van der Waals surface area contributed by atoms with Crippen LogP contribution in [0.5, 0.6) is 0 Å². The van der Waals surface area contributed by atoms with Crippen LogP contribution in [0, 0.1) is 15.9 Å². The largest absolute Gasteiger partial charge is 0.270 e. The van der Waals surface area contributed by atoms with Gasteiger partial charge in [-0.1, -0.05) is 18.2 Å². The first kappa shape index (κ1) is 14.9. The van der Waals surface area contributed by atoms with Crippen LogP contribution in [0.15, 0.2) is 53.4 Å². The van der Waals surface area contributed by atoms with Gasteiger partial charge in [-0.15, -0.1) is 0 Å². The fourth-order valence-corrected chi connectivity index (χ4v) is 3.00. The molecule has 0 aliphatic rings. The van der Waals surface area contributed by atoms with Crippen molar-refractivity contribution in [2.75, 3.05) is 11.4 Å². The van der Waals surface area contributed by atoms with Crippen LogP contribution in [-0.4, -0.2) is 20.4 Å². The Morgan fingerprint density at radius 3 is 2.43 bits per heavy atom. The molecule has 0 heterocycles. The number of sulfonamides is 1. The van der Waals surface area contributed by atoms with Crippen molar-refractivity contribution in [3.05, 3.63) is 64.5 Å². The van der Waals surface area contributed by atoms with E-state index in [1.165, 1.54) is 43.4 Å². The summed E-state index contributed by atoms with van der Waals surface area (Å²) in [4.78, 5) is 9.74. The van der Waals surface area contributed by atoms with E-state index in [-0.39, 0.29) is 16.3 Å². The van der Waals surface area contributed by atoms with Crippen LogP contribution in [0.25, 0.3) is 0 Å². The molecule has 2 aromatic carbocycles. The number of anilines is 1. The van der Waals surface area contributed by atoms with E-state index in [9.17, 15) is 22.9 Å². The van der Waals surface area contributed by atoms with Gasteiger partial charge in [-0.2, -0.15) is 0 Å². The van der Waals surface area contributed by atoms with Crippen molar-refractivity contribution < 1.29 is 17.7 Å². The molecule has 0 aliphatic heterocycles. The summed E-state index contributed by atoms with van der Waals surface area (Å²) in [6, 6.07) is 9.98. The molecule has 0 atom stereocenters. The number of hydrogen-bond acceptors (Lipinski definition) is 4. The minimum Gasteiger partial charge on any atom is -0.266 e. The van der Waals surface area contributed by atoms with Crippen molar-refractivity contribution in [1.29, 1.82) is 0 Å². The van der Waals surface area contributed by atoms with Crippen molar-refractivity contribution in [1.82, 2.24) is 0 Å². The average Bonchev–Trinajstić information content (AvgIpc) is 2.47. The number of halogens is 1. The molecule has 2 rings (SSSR count). The number of hydrogen-bond donors (Lipinski definition) is 0. The highest BCUT2D eigenvalue weighted by atomic mass is 32.2. The molecule has 0 spiro atoms. The molecule has 0 fully saturated rings. The lowest BCUT2D eigenvalue weighted by atomic mass is 10.3. The molecule has 2 aromatic rings. The summed E-state index contributed by atoms with van der Waals surface area (Å²) in [6.07, 6.45) is 0. The van der Waals surface area contributed by atoms with Gasteiger partial charge in [0.25, 0.3) is 15.7 Å². The van der Waals surface area contributed by atoms with E-state index in [1.54, 1.807) is 0 Å². The number of non-ortho nitro benzene ring substituents is 1. The average molecular weight is 310 g/mol. The van der Waals surface area contributed by atoms with Crippen LogP contribution in [-0.2, 0) is 10.0 Å². The van der Waals surface area contributed by atoms with Crippen molar-refractivity contribution in [3.8, 4) is 0 Å². The predicted octanol–water partition coefficient (Wildman–Crippen LogP) is 2.56. The van der Waals surface area contributed by atoms with Gasteiger partial charge in [-0.3, -0.25) is 14.4 Å². The zero-order chi connectivity index (χ0) is 15.6. The summed E-state index contributed by atoms with van der Waals surface area (Å²) >= 11 is 0. The number of benzene rings is 2. The molecule has 0 radical (unpaired) electrons. The lowest BCUT2D eigenvalue weighted by molar-refractivity contribution is -0.385. The Morgan fingerprint density at radius 1 is 1.14 bits per heavy atom. The van der Waals surface area contributed by atoms with Crippen LogP contribution in [0.2, 0.25) is 0 Å². The Kier molecular flexibility index (Phi) is 3.90. The van der Waals surface area contributed by atoms with Gasteiger partial charge in [-0.25, -0.2) is 12.8 Å². The molecule has 8 heteroatoms. The maximum Gasteiger partial charge on any atom is 0.270 e. The van der Waals surface area contributed by atoms with Crippen LogP contribution < -0.4 is 4.31 Å². The zero-order valence-electron chi connectivity index (χ0n) is 10.9. The number of rotatable bonds is 4. The van der Waals surface area contributed by atoms with E-state index in [2.05, 4.69) is 0 Å². The van der Waals surface area contributed by atoms with E-state index in [0.717, 1.165) is 16.4 Å². The van der Waals surface area contributed by atoms with Gasteiger partial charge < -0.3 is 0 Å². The number of nitro groups is 1. The van der Waals surface area contributed by atoms with Gasteiger partial charge in [0, 0.05) is 19.2 Å². The monoisotopic (exact) mass is 310 g/mol. The van der Waals surface area contributed by atoms with E-state index < -0.39 is 20.8 Å². The van der Waals surface area contributed by atoms with E-state index in [1.807, 2.05) is 0 Å². The highest BCUT2D eigenvalue weighted by molar-refractivity contribution is 7.92. The molecule has 0 unspecified atom stereocenters. The Balaban J connectivity index is 2.50. The SMILES string of the molecule is CN(c1ccccc1F)S(=O)(=O)c1cccc([N+](=O)[O-])c1. The second kappa shape index (κ2) is 5.49. The summed E-state index contributed by atoms with van der Waals surface area (Å²) in [6.45, 7) is 0. The summed E-state index contributed by atoms with van der Waals surface area (Å²) in [5.74, 6) is -0.700. The fourth-order valence-electron chi connectivity index (χ4n) is 1.75. The Hall–Kier alpha value is -2.48. The Bertz CT molecular complexity index is 792. The van der Waals surface area contributed by atoms with Crippen LogP contribution >= 0.6 is 0 Å². The number of nitro benzene ring substituents is 1. The van der Waals surface area contributed by atoms with Gasteiger partial charge in [0.1, 0.15) is 5.82 Å². The van der Waals surface area contributed by atoms with Crippen molar-refractivity contribution >= 4 is 21.4 Å². The Morgan fingerprint density at radius 2 is 1.81 bits per heavy atom. The molecule has 0 aromatic heterocycles. The van der Waals surface area contributed by atoms with Gasteiger partial charge >= 0.3 is 0 Å². The van der Waals surface area contributed by atoms with Gasteiger partial charge in [0.2, 0.25) is 0 Å². The van der Waals surface area contributed by atoms with Crippen molar-refractivity contribution in [2.24, 2.45) is 0 Å². The molecule has 110 valence electrons. The van der Waals surface area contributed by atoms with E-state index in [4.69, 9.17) is 0 Å². The number of para-hydroxylation sites is 1. The zero-order valence-corrected chi connectivity index (χ0v) is 11.7. The molecule has 0 N–H and O–H groups in total. The molecule has 0 aliphatic carbocycles. The quantitative estimate of drug-likeness (QED) is 0.642. The minimum atomic E-state index is -4.08. The van der Waals surface area contributed by atoms with Gasteiger partial charge in [0.15, 0.2) is 0 Å². The second-order valence-corrected chi connectivity index (χ2v) is 6.15. The van der Waals surface area contributed by atoms with Crippen molar-refractivity contribution in [2.45, 2.75) is 4.90 Å². The van der Waals surface area contributed by atoms with E-state index >= 15 is 0 Å². The highest BCUT2D eigenvalue weighted by Crippen LogP contribution is 2.26. The molecule has 21 heavy (non-hydrogen) atoms. The smallest absolute Gasteiger partial charge is 0.266 e. The Labute approximate surface area is 120 Å². The van der Waals surface area contributed by atoms with Crippen molar-refractivity contribution in [3.63, 3.8) is 0 Å². The first-order valence-corrected chi connectivity index (χ1v) is 7.26. The molecule has 0 amide bonds.